The van der Waals surface area contributed by atoms with Crippen LogP contribution in [0.1, 0.15) is 37.1 Å². The van der Waals surface area contributed by atoms with Crippen molar-refractivity contribution in [3.63, 3.8) is 0 Å². The van der Waals surface area contributed by atoms with Crippen LogP contribution < -0.4 is 0 Å². The predicted molar refractivity (Wildman–Crippen MR) is 84.7 cm³/mol. The highest BCUT2D eigenvalue weighted by Crippen LogP contribution is 2.19. The van der Waals surface area contributed by atoms with Gasteiger partial charge in [0.15, 0.2) is 0 Å². The second kappa shape index (κ2) is 5.45. The first-order valence-electron chi connectivity index (χ1n) is 6.98. The summed E-state index contributed by atoms with van der Waals surface area (Å²) in [7, 11) is 2.02. The molecule has 0 radical (unpaired) electrons. The maximum Gasteiger partial charge on any atom is 0.133 e. The average Bonchev–Trinajstić information content (AvgIpc) is 2.75. The van der Waals surface area contributed by atoms with Crippen molar-refractivity contribution in [3.05, 3.63) is 52.8 Å². The van der Waals surface area contributed by atoms with E-state index in [4.69, 9.17) is 11.6 Å². The summed E-state index contributed by atoms with van der Waals surface area (Å²) >= 11 is 6.10. The van der Waals surface area contributed by atoms with Crippen molar-refractivity contribution in [1.29, 1.82) is 0 Å². The number of imidazole rings is 1. The summed E-state index contributed by atoms with van der Waals surface area (Å²) in [6.45, 7) is 4.12. The molecule has 2 aromatic heterocycles. The van der Waals surface area contributed by atoms with Crippen LogP contribution in [0.15, 0.2) is 30.3 Å². The summed E-state index contributed by atoms with van der Waals surface area (Å²) in [5.41, 5.74) is 3.02. The topological polar surface area (TPSA) is 43.6 Å². The molecule has 108 valence electrons. The Hall–Kier alpha value is -1.94. The largest absolute Gasteiger partial charge is 0.331 e. The van der Waals surface area contributed by atoms with E-state index in [0.717, 1.165) is 28.4 Å². The van der Waals surface area contributed by atoms with E-state index in [-0.39, 0.29) is 5.92 Å². The zero-order valence-corrected chi connectivity index (χ0v) is 13.1. The molecule has 0 aliphatic carbocycles. The molecule has 0 unspecified atom stereocenters. The van der Waals surface area contributed by atoms with Crippen LogP contribution in [0.2, 0.25) is 5.15 Å². The van der Waals surface area contributed by atoms with Gasteiger partial charge in [-0.25, -0.2) is 15.0 Å². The van der Waals surface area contributed by atoms with Gasteiger partial charge < -0.3 is 4.57 Å². The van der Waals surface area contributed by atoms with Gasteiger partial charge in [-0.15, -0.1) is 0 Å². The van der Waals surface area contributed by atoms with Gasteiger partial charge in [0.1, 0.15) is 16.8 Å². The van der Waals surface area contributed by atoms with Crippen molar-refractivity contribution in [2.45, 2.75) is 26.2 Å². The molecule has 0 aliphatic rings. The van der Waals surface area contributed by atoms with Crippen LogP contribution in [-0.2, 0) is 13.5 Å². The number of aryl methyl sites for hydroxylation is 1. The molecule has 0 atom stereocenters. The first kappa shape index (κ1) is 14.0. The molecule has 0 saturated heterocycles. The Bertz CT molecular complexity index is 792. The Morgan fingerprint density at radius 3 is 2.62 bits per heavy atom. The molecule has 0 bridgehead atoms. The number of hydrogen-bond acceptors (Lipinski definition) is 3. The molecule has 0 aliphatic heterocycles. The van der Waals surface area contributed by atoms with Gasteiger partial charge in [-0.3, -0.25) is 0 Å². The minimum absolute atomic E-state index is 0.253. The molecule has 0 saturated carbocycles. The number of aromatic nitrogens is 4. The monoisotopic (exact) mass is 300 g/mol. The lowest BCUT2D eigenvalue weighted by atomic mass is 10.2. The fourth-order valence-electron chi connectivity index (χ4n) is 2.35. The highest BCUT2D eigenvalue weighted by Gasteiger charge is 2.12. The van der Waals surface area contributed by atoms with E-state index in [9.17, 15) is 0 Å². The van der Waals surface area contributed by atoms with Crippen LogP contribution in [0, 0.1) is 0 Å². The summed E-state index contributed by atoms with van der Waals surface area (Å²) < 4.78 is 2.10. The fourth-order valence-corrected chi connectivity index (χ4v) is 2.56. The number of halogens is 1. The van der Waals surface area contributed by atoms with Crippen LogP contribution >= 0.6 is 11.6 Å². The molecular weight excluding hydrogens is 284 g/mol. The molecule has 0 amide bonds. The predicted octanol–water partition coefficient (Wildman–Crippen LogP) is 3.73. The van der Waals surface area contributed by atoms with Gasteiger partial charge >= 0.3 is 0 Å². The Balaban J connectivity index is 2.00. The molecule has 4 nitrogen and oxygen atoms in total. The van der Waals surface area contributed by atoms with Crippen molar-refractivity contribution in [2.24, 2.45) is 7.05 Å². The first-order chi connectivity index (χ1) is 10.0. The second-order valence-electron chi connectivity index (χ2n) is 5.45. The van der Waals surface area contributed by atoms with E-state index >= 15 is 0 Å². The number of para-hydroxylation sites is 2. The van der Waals surface area contributed by atoms with E-state index in [0.29, 0.717) is 11.6 Å². The standard InChI is InChI=1S/C16H17ClN4/c1-10(2)16-18-11(8-14(17)20-16)9-15-19-12-6-4-5-7-13(12)21(15)3/h4-8,10H,9H2,1-3H3. The Labute approximate surface area is 128 Å². The van der Waals surface area contributed by atoms with E-state index in [2.05, 4.69) is 39.4 Å². The van der Waals surface area contributed by atoms with Crippen molar-refractivity contribution in [3.8, 4) is 0 Å². The molecule has 0 N–H and O–H groups in total. The number of benzene rings is 1. The Morgan fingerprint density at radius 1 is 1.14 bits per heavy atom. The van der Waals surface area contributed by atoms with Crippen LogP contribution in [0.4, 0.5) is 0 Å². The molecule has 0 spiro atoms. The van der Waals surface area contributed by atoms with E-state index in [1.54, 1.807) is 0 Å². The van der Waals surface area contributed by atoms with Gasteiger partial charge in [-0.05, 0) is 18.2 Å². The Kier molecular flexibility index (Phi) is 3.64. The molecule has 5 heteroatoms. The molecule has 2 heterocycles. The second-order valence-corrected chi connectivity index (χ2v) is 5.83. The third kappa shape index (κ3) is 2.76. The maximum atomic E-state index is 6.10. The molecule has 3 aromatic rings. The Morgan fingerprint density at radius 2 is 1.90 bits per heavy atom. The summed E-state index contributed by atoms with van der Waals surface area (Å²) in [6, 6.07) is 9.92. The van der Waals surface area contributed by atoms with Crippen LogP contribution in [0.25, 0.3) is 11.0 Å². The minimum Gasteiger partial charge on any atom is -0.331 e. The molecule has 1 aromatic carbocycles. The van der Waals surface area contributed by atoms with Gasteiger partial charge in [0, 0.05) is 19.4 Å². The number of hydrogen-bond donors (Lipinski definition) is 0. The normalized spacial score (nSPS) is 11.5. The van der Waals surface area contributed by atoms with E-state index < -0.39 is 0 Å². The highest BCUT2D eigenvalue weighted by molar-refractivity contribution is 6.29. The van der Waals surface area contributed by atoms with Gasteiger partial charge in [0.05, 0.1) is 16.7 Å². The number of fused-ring (bicyclic) bond motifs is 1. The van der Waals surface area contributed by atoms with E-state index in [1.165, 1.54) is 0 Å². The number of rotatable bonds is 3. The molecule has 0 fully saturated rings. The summed E-state index contributed by atoms with van der Waals surface area (Å²) in [5, 5.41) is 0.488. The fraction of sp³-hybridized carbons (Fsp3) is 0.312. The lowest BCUT2D eigenvalue weighted by Gasteiger charge is -2.07. The summed E-state index contributed by atoms with van der Waals surface area (Å²) in [5.74, 6) is 2.00. The van der Waals surface area contributed by atoms with E-state index in [1.807, 2.05) is 31.3 Å². The average molecular weight is 301 g/mol. The van der Waals surface area contributed by atoms with Crippen molar-refractivity contribution in [1.82, 2.24) is 19.5 Å². The lowest BCUT2D eigenvalue weighted by molar-refractivity contribution is 0.751. The van der Waals surface area contributed by atoms with Crippen LogP contribution in [0.3, 0.4) is 0 Å². The van der Waals surface area contributed by atoms with Crippen molar-refractivity contribution in [2.75, 3.05) is 0 Å². The molecular formula is C16H17ClN4. The quantitative estimate of drug-likeness (QED) is 0.692. The zero-order valence-electron chi connectivity index (χ0n) is 12.3. The van der Waals surface area contributed by atoms with Gasteiger partial charge in [-0.2, -0.15) is 0 Å². The van der Waals surface area contributed by atoms with Crippen molar-refractivity contribution >= 4 is 22.6 Å². The van der Waals surface area contributed by atoms with Crippen LogP contribution in [-0.4, -0.2) is 19.5 Å². The lowest BCUT2D eigenvalue weighted by Crippen LogP contribution is -2.05. The zero-order chi connectivity index (χ0) is 15.0. The summed E-state index contributed by atoms with van der Waals surface area (Å²) in [4.78, 5) is 13.5. The smallest absolute Gasteiger partial charge is 0.133 e. The van der Waals surface area contributed by atoms with Gasteiger partial charge in [0.2, 0.25) is 0 Å². The first-order valence-corrected chi connectivity index (χ1v) is 7.36. The van der Waals surface area contributed by atoms with Crippen molar-refractivity contribution < 1.29 is 0 Å². The SMILES string of the molecule is CC(C)c1nc(Cl)cc(Cc2nc3ccccc3n2C)n1. The molecule has 3 rings (SSSR count). The maximum absolute atomic E-state index is 6.10. The number of nitrogens with zero attached hydrogens (tertiary/aromatic N) is 4. The van der Waals surface area contributed by atoms with Gasteiger partial charge in [0.25, 0.3) is 0 Å². The van der Waals surface area contributed by atoms with Crippen LogP contribution in [0.5, 0.6) is 0 Å². The summed E-state index contributed by atoms with van der Waals surface area (Å²) in [6.07, 6.45) is 0.646. The third-order valence-electron chi connectivity index (χ3n) is 3.50. The van der Waals surface area contributed by atoms with Gasteiger partial charge in [-0.1, -0.05) is 37.6 Å². The highest BCUT2D eigenvalue weighted by atomic mass is 35.5. The minimum atomic E-state index is 0.253. The third-order valence-corrected chi connectivity index (χ3v) is 3.69. The molecule has 21 heavy (non-hydrogen) atoms.